The first kappa shape index (κ1) is 21.3. The van der Waals surface area contributed by atoms with Gasteiger partial charge in [-0.15, -0.1) is 0 Å². The van der Waals surface area contributed by atoms with Crippen molar-refractivity contribution in [2.45, 2.75) is 11.0 Å². The van der Waals surface area contributed by atoms with Gasteiger partial charge in [0.2, 0.25) is 10.0 Å². The highest BCUT2D eigenvalue weighted by molar-refractivity contribution is 7.89. The minimum atomic E-state index is -3.54. The minimum Gasteiger partial charge on any atom is -0.492 e. The van der Waals surface area contributed by atoms with E-state index in [2.05, 4.69) is 27.2 Å². The number of aromatic nitrogens is 1. The highest BCUT2D eigenvalue weighted by atomic mass is 32.2. The van der Waals surface area contributed by atoms with Crippen LogP contribution in [0, 0.1) is 0 Å². The lowest BCUT2D eigenvalue weighted by molar-refractivity contribution is 0.171. The van der Waals surface area contributed by atoms with Gasteiger partial charge in [-0.3, -0.25) is 0 Å². The molecule has 4 N–H and O–H groups in total. The third kappa shape index (κ3) is 4.72. The van der Waals surface area contributed by atoms with E-state index in [-0.39, 0.29) is 11.4 Å². The molecular weight excluding hydrogens is 414 g/mol. The smallest absolute Gasteiger partial charge is 0.240 e. The van der Waals surface area contributed by atoms with Crippen molar-refractivity contribution < 1.29 is 18.3 Å². The fraction of sp³-hybridized carbons (Fsp3) is 0.217. The van der Waals surface area contributed by atoms with E-state index in [0.717, 1.165) is 22.2 Å². The lowest BCUT2D eigenvalue weighted by atomic mass is 10.1. The van der Waals surface area contributed by atoms with E-state index in [4.69, 9.17) is 4.74 Å². The lowest BCUT2D eigenvalue weighted by Gasteiger charge is -2.14. The number of benzene rings is 3. The van der Waals surface area contributed by atoms with Crippen molar-refractivity contribution in [3.8, 4) is 5.75 Å². The quantitative estimate of drug-likeness (QED) is 0.300. The van der Waals surface area contributed by atoms with Gasteiger partial charge in [0.05, 0.1) is 16.5 Å². The monoisotopic (exact) mass is 439 g/mol. The average Bonchev–Trinajstić information content (AvgIpc) is 3.16. The number of aromatic amines is 1. The van der Waals surface area contributed by atoms with Gasteiger partial charge in [0, 0.05) is 35.4 Å². The molecule has 8 heteroatoms. The predicted octanol–water partition coefficient (Wildman–Crippen LogP) is 2.93. The molecular formula is C23H25N3O4S. The van der Waals surface area contributed by atoms with Crippen molar-refractivity contribution in [3.63, 3.8) is 0 Å². The predicted molar refractivity (Wildman–Crippen MR) is 122 cm³/mol. The molecule has 0 fully saturated rings. The molecule has 162 valence electrons. The molecule has 7 nitrogen and oxygen atoms in total. The van der Waals surface area contributed by atoms with Crippen LogP contribution < -0.4 is 14.8 Å². The second kappa shape index (κ2) is 9.07. The van der Waals surface area contributed by atoms with Crippen LogP contribution in [0.25, 0.3) is 21.8 Å². The van der Waals surface area contributed by atoms with Crippen molar-refractivity contribution >= 4 is 31.8 Å². The van der Waals surface area contributed by atoms with Crippen molar-refractivity contribution in [2.75, 3.05) is 26.7 Å². The first-order valence-electron chi connectivity index (χ1n) is 10.0. The highest BCUT2D eigenvalue weighted by Gasteiger charge is 2.14. The molecule has 1 aromatic heterocycles. The topological polar surface area (TPSA) is 103 Å². The number of fused-ring (bicyclic) bond motifs is 3. The zero-order chi connectivity index (χ0) is 21.8. The van der Waals surface area contributed by atoms with Gasteiger partial charge >= 0.3 is 0 Å². The molecule has 1 unspecified atom stereocenters. The third-order valence-corrected chi connectivity index (χ3v) is 6.60. The number of sulfonamides is 1. The molecule has 1 atom stereocenters. The molecule has 0 aliphatic heterocycles. The molecule has 4 rings (SSSR count). The summed E-state index contributed by atoms with van der Waals surface area (Å²) in [7, 11) is -2.19. The van der Waals surface area contributed by atoms with Crippen molar-refractivity contribution in [1.29, 1.82) is 0 Å². The van der Waals surface area contributed by atoms with E-state index in [9.17, 15) is 13.5 Å². The Morgan fingerprint density at radius 2 is 1.81 bits per heavy atom. The van der Waals surface area contributed by atoms with Gasteiger partial charge in [-0.05, 0) is 42.9 Å². The van der Waals surface area contributed by atoms with Crippen LogP contribution in [0.3, 0.4) is 0 Å². The second-order valence-corrected chi connectivity index (χ2v) is 9.11. The maximum absolute atomic E-state index is 11.9. The van der Waals surface area contributed by atoms with Crippen LogP contribution >= 0.6 is 0 Å². The average molecular weight is 440 g/mol. The van der Waals surface area contributed by atoms with E-state index in [1.54, 1.807) is 12.1 Å². The van der Waals surface area contributed by atoms with Crippen LogP contribution in [0.15, 0.2) is 71.6 Å². The number of rotatable bonds is 9. The van der Waals surface area contributed by atoms with Gasteiger partial charge in [0.25, 0.3) is 0 Å². The van der Waals surface area contributed by atoms with Gasteiger partial charge < -0.3 is 20.1 Å². The van der Waals surface area contributed by atoms with Gasteiger partial charge in [0.1, 0.15) is 12.4 Å². The Hall–Kier alpha value is -2.91. The summed E-state index contributed by atoms with van der Waals surface area (Å²) in [4.78, 5) is 3.52. The molecule has 0 aliphatic carbocycles. The number of nitrogens with one attached hydrogen (secondary N) is 3. The molecule has 0 aliphatic rings. The van der Waals surface area contributed by atoms with Crippen molar-refractivity contribution in [3.05, 3.63) is 72.3 Å². The number of para-hydroxylation sites is 1. The SMILES string of the molecule is CNS(=O)(=O)c1cccc(C(O)CNCCOc2ccc3c(c2)[nH]c2ccccc23)c1. The fourth-order valence-electron chi connectivity index (χ4n) is 3.53. The summed E-state index contributed by atoms with van der Waals surface area (Å²) in [6.07, 6.45) is -0.824. The number of ether oxygens (including phenoxy) is 1. The number of hydrogen-bond acceptors (Lipinski definition) is 5. The molecule has 4 aromatic rings. The maximum atomic E-state index is 11.9. The minimum absolute atomic E-state index is 0.127. The summed E-state index contributed by atoms with van der Waals surface area (Å²) >= 11 is 0. The summed E-state index contributed by atoms with van der Waals surface area (Å²) in [6, 6.07) is 20.4. The molecule has 0 saturated carbocycles. The summed E-state index contributed by atoms with van der Waals surface area (Å²) in [6.45, 7) is 1.26. The highest BCUT2D eigenvalue weighted by Crippen LogP contribution is 2.28. The molecule has 3 aromatic carbocycles. The van der Waals surface area contributed by atoms with Crippen LogP contribution in [0.1, 0.15) is 11.7 Å². The number of aliphatic hydroxyl groups excluding tert-OH is 1. The Kier molecular flexibility index (Phi) is 6.24. The van der Waals surface area contributed by atoms with E-state index in [1.807, 2.05) is 30.3 Å². The Morgan fingerprint density at radius 1 is 1.00 bits per heavy atom. The number of hydrogen-bond donors (Lipinski definition) is 4. The lowest BCUT2D eigenvalue weighted by Crippen LogP contribution is -2.26. The molecule has 0 saturated heterocycles. The first-order chi connectivity index (χ1) is 15.0. The molecule has 1 heterocycles. The molecule has 0 bridgehead atoms. The van der Waals surface area contributed by atoms with Crippen molar-refractivity contribution in [2.24, 2.45) is 0 Å². The summed E-state index contributed by atoms with van der Waals surface area (Å²) in [5, 5.41) is 15.8. The Balaban J connectivity index is 1.29. The van der Waals surface area contributed by atoms with Crippen LogP contribution in [0.4, 0.5) is 0 Å². The largest absolute Gasteiger partial charge is 0.492 e. The molecule has 0 radical (unpaired) electrons. The Morgan fingerprint density at radius 3 is 2.65 bits per heavy atom. The van der Waals surface area contributed by atoms with Gasteiger partial charge in [-0.1, -0.05) is 30.3 Å². The zero-order valence-electron chi connectivity index (χ0n) is 17.1. The third-order valence-electron chi connectivity index (χ3n) is 5.18. The van der Waals surface area contributed by atoms with E-state index in [0.29, 0.717) is 18.7 Å². The number of aliphatic hydroxyl groups is 1. The van der Waals surface area contributed by atoms with E-state index in [1.165, 1.54) is 24.6 Å². The summed E-state index contributed by atoms with van der Waals surface area (Å²) in [5.74, 6) is 0.770. The van der Waals surface area contributed by atoms with Gasteiger partial charge in [0.15, 0.2) is 0 Å². The Labute approximate surface area is 181 Å². The van der Waals surface area contributed by atoms with Gasteiger partial charge in [-0.25, -0.2) is 13.1 Å². The van der Waals surface area contributed by atoms with E-state index >= 15 is 0 Å². The summed E-state index contributed by atoms with van der Waals surface area (Å²) < 4.78 is 31.9. The van der Waals surface area contributed by atoms with Crippen molar-refractivity contribution in [1.82, 2.24) is 15.0 Å². The molecule has 0 amide bonds. The van der Waals surface area contributed by atoms with Gasteiger partial charge in [-0.2, -0.15) is 0 Å². The normalized spacial score (nSPS) is 13.0. The summed E-state index contributed by atoms with van der Waals surface area (Å²) in [5.41, 5.74) is 2.66. The van der Waals surface area contributed by atoms with Crippen LogP contribution in [-0.2, 0) is 10.0 Å². The standard InChI is InChI=1S/C23H25N3O4S/c1-24-31(28,29)18-6-4-5-16(13-18)23(27)15-25-11-12-30-17-9-10-20-19-7-2-3-8-21(19)26-22(20)14-17/h2-10,13-14,23-27H,11-12,15H2,1H3. The van der Waals surface area contributed by atoms with Crippen LogP contribution in [0.2, 0.25) is 0 Å². The second-order valence-electron chi connectivity index (χ2n) is 7.23. The zero-order valence-corrected chi connectivity index (χ0v) is 17.9. The first-order valence-corrected chi connectivity index (χ1v) is 11.5. The fourth-order valence-corrected chi connectivity index (χ4v) is 4.31. The molecule has 0 spiro atoms. The Bertz CT molecular complexity index is 1300. The number of H-pyrrole nitrogens is 1. The van der Waals surface area contributed by atoms with Crippen LogP contribution in [0.5, 0.6) is 5.75 Å². The van der Waals surface area contributed by atoms with Crippen LogP contribution in [-0.4, -0.2) is 45.3 Å². The van der Waals surface area contributed by atoms with E-state index < -0.39 is 16.1 Å². The maximum Gasteiger partial charge on any atom is 0.240 e. The molecule has 31 heavy (non-hydrogen) atoms.